The number of hydrogen-bond donors (Lipinski definition) is 3. The summed E-state index contributed by atoms with van der Waals surface area (Å²) in [5.74, 6) is 0.179. The summed E-state index contributed by atoms with van der Waals surface area (Å²) >= 11 is 0. The minimum Gasteiger partial charge on any atom is -0.507 e. The Morgan fingerprint density at radius 3 is 2.70 bits per heavy atom. The van der Waals surface area contributed by atoms with Crippen molar-refractivity contribution in [3.63, 3.8) is 0 Å². The minimum atomic E-state index is -0.518. The number of nitrogens with zero attached hydrogens (tertiary/aromatic N) is 3. The van der Waals surface area contributed by atoms with Gasteiger partial charge in [0.25, 0.3) is 5.91 Å². The van der Waals surface area contributed by atoms with Gasteiger partial charge in [0.05, 0.1) is 13.2 Å². The second kappa shape index (κ2) is 7.98. The number of amides is 1. The van der Waals surface area contributed by atoms with Crippen LogP contribution in [0.3, 0.4) is 0 Å². The van der Waals surface area contributed by atoms with Crippen LogP contribution in [0.2, 0.25) is 0 Å². The van der Waals surface area contributed by atoms with Crippen molar-refractivity contribution in [1.82, 2.24) is 20.1 Å². The Balaban J connectivity index is 1.70. The van der Waals surface area contributed by atoms with Crippen LogP contribution < -0.4 is 4.74 Å². The summed E-state index contributed by atoms with van der Waals surface area (Å²) in [6.45, 7) is 2.25. The van der Waals surface area contributed by atoms with Crippen LogP contribution >= 0.6 is 0 Å². The number of H-pyrrole nitrogens is 1. The van der Waals surface area contributed by atoms with E-state index < -0.39 is 6.04 Å². The highest BCUT2D eigenvalue weighted by molar-refractivity contribution is 6.00. The number of rotatable bonds is 5. The molecule has 33 heavy (non-hydrogen) atoms. The van der Waals surface area contributed by atoms with Gasteiger partial charge in [0.2, 0.25) is 0 Å². The fraction of sp³-hybridized carbons (Fsp3) is 0.160. The number of fused-ring (bicyclic) bond motifs is 1. The van der Waals surface area contributed by atoms with E-state index in [2.05, 4.69) is 15.2 Å². The molecular weight excluding hydrogens is 420 g/mol. The zero-order chi connectivity index (χ0) is 23.1. The molecule has 4 aromatic rings. The molecule has 2 aromatic carbocycles. The van der Waals surface area contributed by atoms with E-state index in [1.165, 1.54) is 7.11 Å². The number of nitrogens with one attached hydrogen (secondary N) is 1. The molecule has 8 heteroatoms. The number of hydrogen-bond acceptors (Lipinski definition) is 6. The number of aromatic nitrogens is 3. The van der Waals surface area contributed by atoms with Crippen LogP contribution in [0.4, 0.5) is 0 Å². The first kappa shape index (κ1) is 20.6. The predicted molar refractivity (Wildman–Crippen MR) is 121 cm³/mol. The average Bonchev–Trinajstić information content (AvgIpc) is 3.36. The van der Waals surface area contributed by atoms with Gasteiger partial charge in [-0.2, -0.15) is 5.10 Å². The van der Waals surface area contributed by atoms with Crippen molar-refractivity contribution >= 4 is 5.91 Å². The van der Waals surface area contributed by atoms with Crippen LogP contribution in [-0.4, -0.2) is 43.3 Å². The van der Waals surface area contributed by atoms with Gasteiger partial charge in [-0.25, -0.2) is 0 Å². The molecule has 0 saturated carbocycles. The highest BCUT2D eigenvalue weighted by Gasteiger charge is 2.42. The van der Waals surface area contributed by atoms with Crippen molar-refractivity contribution in [3.05, 3.63) is 88.9 Å². The molecule has 166 valence electrons. The van der Waals surface area contributed by atoms with Crippen molar-refractivity contribution in [2.45, 2.75) is 19.5 Å². The molecule has 1 aliphatic heterocycles. The van der Waals surface area contributed by atoms with Crippen molar-refractivity contribution in [2.24, 2.45) is 0 Å². The Bertz CT molecular complexity index is 1350. The number of benzene rings is 2. The largest absolute Gasteiger partial charge is 0.507 e. The van der Waals surface area contributed by atoms with Gasteiger partial charge in [0.1, 0.15) is 17.1 Å². The maximum atomic E-state index is 13.5. The summed E-state index contributed by atoms with van der Waals surface area (Å²) in [6, 6.07) is 13.5. The third-order valence-corrected chi connectivity index (χ3v) is 5.87. The molecule has 0 aliphatic carbocycles. The Hall–Kier alpha value is -4.33. The van der Waals surface area contributed by atoms with Gasteiger partial charge in [-0.1, -0.05) is 23.8 Å². The topological polar surface area (TPSA) is 112 Å². The Labute approximate surface area is 190 Å². The predicted octanol–water partition coefficient (Wildman–Crippen LogP) is 3.95. The molecule has 2 aromatic heterocycles. The van der Waals surface area contributed by atoms with Crippen molar-refractivity contribution < 1.29 is 19.7 Å². The number of carbonyl (C=O) groups is 1. The van der Waals surface area contributed by atoms with E-state index in [-0.39, 0.29) is 17.4 Å². The van der Waals surface area contributed by atoms with Gasteiger partial charge in [-0.05, 0) is 48.4 Å². The van der Waals surface area contributed by atoms with Gasteiger partial charge in [0.15, 0.2) is 11.5 Å². The lowest BCUT2D eigenvalue weighted by atomic mass is 9.94. The Morgan fingerprint density at radius 1 is 1.12 bits per heavy atom. The molecule has 1 unspecified atom stereocenters. The molecule has 1 atom stereocenters. The van der Waals surface area contributed by atoms with E-state index in [9.17, 15) is 15.0 Å². The maximum absolute atomic E-state index is 13.5. The summed E-state index contributed by atoms with van der Waals surface area (Å²) in [5, 5.41) is 28.0. The molecule has 8 nitrogen and oxygen atoms in total. The summed E-state index contributed by atoms with van der Waals surface area (Å²) in [7, 11) is 1.48. The molecule has 3 heterocycles. The highest BCUT2D eigenvalue weighted by Crippen LogP contribution is 2.46. The molecule has 0 saturated heterocycles. The molecule has 0 spiro atoms. The van der Waals surface area contributed by atoms with Crippen LogP contribution in [-0.2, 0) is 6.54 Å². The molecule has 1 aliphatic rings. The number of aryl methyl sites for hydroxylation is 1. The van der Waals surface area contributed by atoms with Crippen LogP contribution in [0, 0.1) is 6.92 Å². The van der Waals surface area contributed by atoms with E-state index >= 15 is 0 Å². The number of methoxy groups -OCH3 is 1. The number of aromatic hydroxyl groups is 2. The van der Waals surface area contributed by atoms with E-state index in [1.807, 2.05) is 31.2 Å². The minimum absolute atomic E-state index is 0.00773. The van der Waals surface area contributed by atoms with Gasteiger partial charge >= 0.3 is 0 Å². The van der Waals surface area contributed by atoms with E-state index in [4.69, 9.17) is 4.74 Å². The van der Waals surface area contributed by atoms with Gasteiger partial charge in [0, 0.05) is 30.1 Å². The average molecular weight is 442 g/mol. The zero-order valence-corrected chi connectivity index (χ0v) is 18.1. The molecule has 1 amide bonds. The number of aromatic amines is 1. The summed E-state index contributed by atoms with van der Waals surface area (Å²) < 4.78 is 5.32. The monoisotopic (exact) mass is 442 g/mol. The number of ether oxygens (including phenoxy) is 1. The third kappa shape index (κ3) is 3.45. The van der Waals surface area contributed by atoms with Gasteiger partial charge < -0.3 is 19.8 Å². The van der Waals surface area contributed by atoms with E-state index in [0.717, 1.165) is 16.7 Å². The normalized spacial score (nSPS) is 15.0. The summed E-state index contributed by atoms with van der Waals surface area (Å²) in [5.41, 5.74) is 4.66. The molecule has 3 N–H and O–H groups in total. The van der Waals surface area contributed by atoms with Crippen molar-refractivity contribution in [2.75, 3.05) is 7.11 Å². The first-order chi connectivity index (χ1) is 16.0. The lowest BCUT2D eigenvalue weighted by molar-refractivity contribution is 0.0729. The Kier molecular flexibility index (Phi) is 4.97. The summed E-state index contributed by atoms with van der Waals surface area (Å²) in [6.07, 6.45) is 3.41. The van der Waals surface area contributed by atoms with Crippen LogP contribution in [0.25, 0.3) is 11.3 Å². The molecule has 0 bridgehead atoms. The first-order valence-corrected chi connectivity index (χ1v) is 10.4. The van der Waals surface area contributed by atoms with Gasteiger partial charge in [-0.3, -0.25) is 14.9 Å². The first-order valence-electron chi connectivity index (χ1n) is 10.4. The molecule has 5 rings (SSSR count). The SMILES string of the molecule is COc1cc(C2c3c(-c4cc(C)ccc4O)n[nH]c3C(=O)N2Cc2cccnc2)ccc1O. The zero-order valence-electron chi connectivity index (χ0n) is 18.1. The maximum Gasteiger partial charge on any atom is 0.273 e. The van der Waals surface area contributed by atoms with E-state index in [1.54, 1.807) is 41.6 Å². The smallest absolute Gasteiger partial charge is 0.273 e. The van der Waals surface area contributed by atoms with Crippen LogP contribution in [0.5, 0.6) is 17.2 Å². The Morgan fingerprint density at radius 2 is 1.94 bits per heavy atom. The van der Waals surface area contributed by atoms with Crippen LogP contribution in [0.15, 0.2) is 60.9 Å². The second-order valence-corrected chi connectivity index (χ2v) is 8.01. The lowest BCUT2D eigenvalue weighted by Gasteiger charge is -2.27. The quantitative estimate of drug-likeness (QED) is 0.432. The van der Waals surface area contributed by atoms with Crippen molar-refractivity contribution in [3.8, 4) is 28.5 Å². The number of phenols is 2. The molecular formula is C25H22N4O4. The highest BCUT2D eigenvalue weighted by atomic mass is 16.5. The fourth-order valence-electron chi connectivity index (χ4n) is 4.30. The second-order valence-electron chi connectivity index (χ2n) is 8.01. The third-order valence-electron chi connectivity index (χ3n) is 5.87. The molecule has 0 radical (unpaired) electrons. The van der Waals surface area contributed by atoms with E-state index in [0.29, 0.717) is 34.8 Å². The van der Waals surface area contributed by atoms with Crippen molar-refractivity contribution in [1.29, 1.82) is 0 Å². The standard InChI is InChI=1S/C25H22N4O4/c1-14-5-7-18(30)17(10-14)22-21-23(28-27-22)25(32)29(13-15-4-3-9-26-12-15)24(21)16-6-8-19(31)20(11-16)33-2/h3-12,24,30-31H,13H2,1-2H3,(H,27,28). The lowest BCUT2D eigenvalue weighted by Crippen LogP contribution is -2.29. The molecule has 0 fully saturated rings. The fourth-order valence-corrected chi connectivity index (χ4v) is 4.30. The summed E-state index contributed by atoms with van der Waals surface area (Å²) in [4.78, 5) is 19.4. The van der Waals surface area contributed by atoms with Crippen LogP contribution in [0.1, 0.15) is 38.8 Å². The number of pyridine rings is 1. The van der Waals surface area contributed by atoms with Gasteiger partial charge in [-0.15, -0.1) is 0 Å². The number of carbonyl (C=O) groups excluding carboxylic acids is 1. The number of phenolic OH excluding ortho intramolecular Hbond substituents is 2.